The first-order valence-electron chi connectivity index (χ1n) is 6.44. The molecule has 1 aromatic carbocycles. The van der Waals surface area contributed by atoms with Crippen molar-refractivity contribution in [2.45, 2.75) is 31.8 Å². The van der Waals surface area contributed by atoms with Crippen LogP contribution in [0.5, 0.6) is 0 Å². The van der Waals surface area contributed by atoms with E-state index in [1.54, 1.807) is 0 Å². The van der Waals surface area contributed by atoms with E-state index in [1.807, 2.05) is 24.3 Å². The van der Waals surface area contributed by atoms with Gasteiger partial charge in [0.15, 0.2) is 6.29 Å². The van der Waals surface area contributed by atoms with Crippen molar-refractivity contribution in [1.29, 1.82) is 0 Å². The normalized spacial score (nSPS) is 38.0. The molecule has 0 aromatic heterocycles. The molecule has 0 amide bonds. The predicted octanol–water partition coefficient (Wildman–Crippen LogP) is 3.27. The van der Waals surface area contributed by atoms with Crippen molar-refractivity contribution in [3.63, 3.8) is 0 Å². The molecule has 3 rings (SSSR count). The van der Waals surface area contributed by atoms with Gasteiger partial charge in [-0.25, -0.2) is 0 Å². The third-order valence-corrected chi connectivity index (χ3v) is 5.05. The molecule has 0 radical (unpaired) electrons. The van der Waals surface area contributed by atoms with Gasteiger partial charge in [0.2, 0.25) is 0 Å². The molecule has 3 atom stereocenters. The van der Waals surface area contributed by atoms with Crippen LogP contribution in [0.3, 0.4) is 0 Å². The van der Waals surface area contributed by atoms with Gasteiger partial charge in [-0.05, 0) is 42.9 Å². The Hall–Kier alpha value is -0.860. The minimum atomic E-state index is -0.535. The lowest BCUT2D eigenvalue weighted by molar-refractivity contribution is -0.239. The molecule has 1 saturated carbocycles. The van der Waals surface area contributed by atoms with Crippen LogP contribution >= 0.6 is 11.6 Å². The van der Waals surface area contributed by atoms with Gasteiger partial charge in [-0.1, -0.05) is 30.7 Å². The minimum Gasteiger partial charge on any atom is -0.366 e. The molecule has 0 bridgehead atoms. The molecule has 1 saturated heterocycles. The first-order valence-corrected chi connectivity index (χ1v) is 6.82. The Balaban J connectivity index is 1.81. The lowest BCUT2D eigenvalue weighted by atomic mass is 9.68. The van der Waals surface area contributed by atoms with Gasteiger partial charge in [-0.3, -0.25) is 0 Å². The summed E-state index contributed by atoms with van der Waals surface area (Å²) >= 11 is 5.89. The third-order valence-electron chi connectivity index (χ3n) is 4.79. The number of carbonyl (C=O) groups is 1. The van der Waals surface area contributed by atoms with Gasteiger partial charge in [-0.2, -0.15) is 0 Å². The predicted molar refractivity (Wildman–Crippen MR) is 70.7 cm³/mol. The Kier molecular flexibility index (Phi) is 2.76. The van der Waals surface area contributed by atoms with Crippen LogP contribution in [-0.2, 0) is 16.0 Å². The fraction of sp³-hybridized carbons (Fsp3) is 0.533. The minimum absolute atomic E-state index is 0.0614. The monoisotopic (exact) mass is 264 g/mol. The highest BCUT2D eigenvalue weighted by Gasteiger charge is 2.65. The first-order chi connectivity index (χ1) is 8.60. The number of hydrogen-bond donors (Lipinski definition) is 0. The van der Waals surface area contributed by atoms with E-state index in [0.717, 1.165) is 37.2 Å². The van der Waals surface area contributed by atoms with Crippen LogP contribution in [-0.4, -0.2) is 18.5 Å². The molecule has 1 aliphatic carbocycles. The molecule has 18 heavy (non-hydrogen) atoms. The Labute approximate surface area is 112 Å². The van der Waals surface area contributed by atoms with E-state index in [9.17, 15) is 4.79 Å². The zero-order valence-electron chi connectivity index (χ0n) is 10.5. The van der Waals surface area contributed by atoms with Crippen molar-refractivity contribution >= 4 is 17.9 Å². The highest BCUT2D eigenvalue weighted by atomic mass is 35.5. The maximum absolute atomic E-state index is 11.5. The SMILES string of the molecule is CC12CCC(Cc3ccc(Cl)cc3)C1(C=O)OC2. The fourth-order valence-corrected chi connectivity index (χ4v) is 3.63. The number of fused-ring (bicyclic) bond motifs is 1. The van der Waals surface area contributed by atoms with Gasteiger partial charge in [0.05, 0.1) is 6.61 Å². The van der Waals surface area contributed by atoms with E-state index in [1.165, 1.54) is 5.56 Å². The Morgan fingerprint density at radius 3 is 2.72 bits per heavy atom. The van der Waals surface area contributed by atoms with E-state index in [-0.39, 0.29) is 5.41 Å². The Morgan fingerprint density at radius 2 is 2.17 bits per heavy atom. The standard InChI is InChI=1S/C15H17ClO2/c1-14-7-6-12(15(14,9-17)18-10-14)8-11-2-4-13(16)5-3-11/h2-5,9,12H,6-8,10H2,1H3. The van der Waals surface area contributed by atoms with Crippen LogP contribution in [0.1, 0.15) is 25.3 Å². The van der Waals surface area contributed by atoms with Crippen molar-refractivity contribution in [2.24, 2.45) is 11.3 Å². The largest absolute Gasteiger partial charge is 0.366 e. The molecule has 3 heteroatoms. The molecule has 96 valence electrons. The second kappa shape index (κ2) is 4.07. The molecule has 2 aliphatic rings. The molecular weight excluding hydrogens is 248 g/mol. The first kappa shape index (κ1) is 12.2. The summed E-state index contributed by atoms with van der Waals surface area (Å²) in [6.07, 6.45) is 4.09. The number of hydrogen-bond acceptors (Lipinski definition) is 2. The van der Waals surface area contributed by atoms with E-state index in [0.29, 0.717) is 5.92 Å². The second-order valence-corrected chi connectivity index (χ2v) is 6.26. The Morgan fingerprint density at radius 1 is 1.44 bits per heavy atom. The third kappa shape index (κ3) is 1.55. The molecule has 2 nitrogen and oxygen atoms in total. The average molecular weight is 265 g/mol. The Bertz CT molecular complexity index is 470. The van der Waals surface area contributed by atoms with Crippen LogP contribution in [0.25, 0.3) is 0 Å². The topological polar surface area (TPSA) is 26.3 Å². The maximum Gasteiger partial charge on any atom is 0.152 e. The van der Waals surface area contributed by atoms with Crippen LogP contribution in [0.4, 0.5) is 0 Å². The summed E-state index contributed by atoms with van der Waals surface area (Å²) in [6, 6.07) is 7.88. The molecule has 1 heterocycles. The van der Waals surface area contributed by atoms with Gasteiger partial charge in [0, 0.05) is 10.4 Å². The summed E-state index contributed by atoms with van der Waals surface area (Å²) < 4.78 is 5.71. The van der Waals surface area contributed by atoms with Gasteiger partial charge in [0.25, 0.3) is 0 Å². The fourth-order valence-electron chi connectivity index (χ4n) is 3.50. The molecular formula is C15H17ClO2. The van der Waals surface area contributed by atoms with E-state index >= 15 is 0 Å². The van der Waals surface area contributed by atoms with Crippen LogP contribution in [0.15, 0.2) is 24.3 Å². The lowest BCUT2D eigenvalue weighted by Gasteiger charge is -2.52. The quantitative estimate of drug-likeness (QED) is 0.784. The highest BCUT2D eigenvalue weighted by Crippen LogP contribution is 2.58. The van der Waals surface area contributed by atoms with Gasteiger partial charge in [-0.15, -0.1) is 0 Å². The average Bonchev–Trinajstić information content (AvgIpc) is 2.54. The number of benzene rings is 1. The molecule has 1 aliphatic heterocycles. The van der Waals surface area contributed by atoms with Crippen molar-refractivity contribution in [2.75, 3.05) is 6.61 Å². The van der Waals surface area contributed by atoms with Crippen molar-refractivity contribution in [1.82, 2.24) is 0 Å². The molecule has 0 spiro atoms. The highest BCUT2D eigenvalue weighted by molar-refractivity contribution is 6.30. The summed E-state index contributed by atoms with van der Waals surface area (Å²) in [7, 11) is 0. The molecule has 3 unspecified atom stereocenters. The van der Waals surface area contributed by atoms with Gasteiger partial charge >= 0.3 is 0 Å². The summed E-state index contributed by atoms with van der Waals surface area (Å²) in [5.41, 5.74) is 0.753. The van der Waals surface area contributed by atoms with Crippen LogP contribution < -0.4 is 0 Å². The number of ether oxygens (including phenoxy) is 1. The molecule has 1 aromatic rings. The van der Waals surface area contributed by atoms with Crippen LogP contribution in [0, 0.1) is 11.3 Å². The zero-order valence-corrected chi connectivity index (χ0v) is 11.2. The lowest BCUT2D eigenvalue weighted by Crippen LogP contribution is -2.62. The summed E-state index contributed by atoms with van der Waals surface area (Å²) in [5, 5.41) is 0.750. The van der Waals surface area contributed by atoms with E-state index in [2.05, 4.69) is 6.92 Å². The van der Waals surface area contributed by atoms with Crippen molar-refractivity contribution in [3.8, 4) is 0 Å². The molecule has 2 fully saturated rings. The van der Waals surface area contributed by atoms with Crippen molar-refractivity contribution < 1.29 is 9.53 Å². The van der Waals surface area contributed by atoms with Crippen molar-refractivity contribution in [3.05, 3.63) is 34.9 Å². The van der Waals surface area contributed by atoms with Crippen LogP contribution in [0.2, 0.25) is 5.02 Å². The van der Waals surface area contributed by atoms with Gasteiger partial charge in [0.1, 0.15) is 5.60 Å². The number of halogens is 1. The smallest absolute Gasteiger partial charge is 0.152 e. The number of rotatable bonds is 3. The summed E-state index contributed by atoms with van der Waals surface area (Å²) in [5.74, 6) is 0.301. The van der Waals surface area contributed by atoms with Gasteiger partial charge < -0.3 is 9.53 Å². The summed E-state index contributed by atoms with van der Waals surface area (Å²) in [6.45, 7) is 2.90. The maximum atomic E-state index is 11.5. The molecule has 0 N–H and O–H groups in total. The number of carbonyl (C=O) groups excluding carboxylic acids is 1. The van der Waals surface area contributed by atoms with E-state index < -0.39 is 5.60 Å². The number of aldehydes is 1. The zero-order chi connectivity index (χ0) is 12.8. The van der Waals surface area contributed by atoms with E-state index in [4.69, 9.17) is 16.3 Å². The summed E-state index contributed by atoms with van der Waals surface area (Å²) in [4.78, 5) is 11.5. The second-order valence-electron chi connectivity index (χ2n) is 5.83.